The lowest BCUT2D eigenvalue weighted by atomic mass is 9.90. The number of benzene rings is 3. The summed E-state index contributed by atoms with van der Waals surface area (Å²) in [5.41, 5.74) is 6.50. The predicted molar refractivity (Wildman–Crippen MR) is 230 cm³/mol. The Morgan fingerprint density at radius 2 is 1.58 bits per heavy atom. The maximum absolute atomic E-state index is 13.4. The third kappa shape index (κ3) is 17.4. The molecular formula is C48H70N4O3. The quantitative estimate of drug-likeness (QED) is 0.123. The van der Waals surface area contributed by atoms with Crippen molar-refractivity contribution in [3.63, 3.8) is 0 Å². The highest BCUT2D eigenvalue weighted by Gasteiger charge is 2.33. The van der Waals surface area contributed by atoms with Crippen LogP contribution in [0.1, 0.15) is 101 Å². The molecule has 0 aliphatic carbocycles. The largest absolute Gasteiger partial charge is 0.496 e. The minimum atomic E-state index is -0.558. The summed E-state index contributed by atoms with van der Waals surface area (Å²) >= 11 is 0. The fourth-order valence-electron chi connectivity index (χ4n) is 7.03. The fraction of sp³-hybridized carbons (Fsp3) is 0.521. The van der Waals surface area contributed by atoms with Crippen molar-refractivity contribution in [2.45, 2.75) is 117 Å². The van der Waals surface area contributed by atoms with E-state index in [1.165, 1.54) is 48.4 Å². The van der Waals surface area contributed by atoms with Gasteiger partial charge < -0.3 is 10.1 Å². The second-order valence-electron chi connectivity index (χ2n) is 14.7. The summed E-state index contributed by atoms with van der Waals surface area (Å²) in [6, 6.07) is 26.3. The van der Waals surface area contributed by atoms with Gasteiger partial charge >= 0.3 is 0 Å². The monoisotopic (exact) mass is 751 g/mol. The molecule has 1 N–H and O–H groups in total. The summed E-state index contributed by atoms with van der Waals surface area (Å²) in [5, 5.41) is 12.9. The van der Waals surface area contributed by atoms with Gasteiger partial charge in [-0.25, -0.2) is 0 Å². The normalized spacial score (nSPS) is 15.2. The Bertz CT molecular complexity index is 1540. The number of ether oxygens (including phenoxy) is 1. The minimum absolute atomic E-state index is 0.0433. The van der Waals surface area contributed by atoms with Crippen LogP contribution in [-0.2, 0) is 41.7 Å². The number of rotatable bonds is 19. The molecule has 3 aromatic rings. The van der Waals surface area contributed by atoms with Gasteiger partial charge in [-0.2, -0.15) is 5.26 Å². The number of methoxy groups -OCH3 is 1. The summed E-state index contributed by atoms with van der Waals surface area (Å²) < 4.78 is 5.47. The van der Waals surface area contributed by atoms with Crippen LogP contribution in [0.25, 0.3) is 0 Å². The Kier molecular flexibility index (Phi) is 23.3. The van der Waals surface area contributed by atoms with E-state index >= 15 is 0 Å². The molecule has 3 atom stereocenters. The van der Waals surface area contributed by atoms with Crippen molar-refractivity contribution in [1.29, 1.82) is 5.26 Å². The Hall–Kier alpha value is -4.25. The SMILES string of the molecule is C=CCCc1cc(CC)c(CC)c(OC)c1.CC(=O)CC(C#N)C(Cc1ccccc1)NC(=O)C1CN(CCCc2ccccc2)CCN1C.CCCCC. The second-order valence-corrected chi connectivity index (χ2v) is 14.7. The molecule has 1 aliphatic heterocycles. The lowest BCUT2D eigenvalue weighted by molar-refractivity contribution is -0.129. The number of hydrogen-bond acceptors (Lipinski definition) is 6. The van der Waals surface area contributed by atoms with E-state index in [0.29, 0.717) is 13.0 Å². The van der Waals surface area contributed by atoms with Crippen molar-refractivity contribution in [3.8, 4) is 11.8 Å². The van der Waals surface area contributed by atoms with Crippen LogP contribution < -0.4 is 10.1 Å². The van der Waals surface area contributed by atoms with Crippen LogP contribution in [0.2, 0.25) is 0 Å². The number of amides is 1. The number of carbonyl (C=O) groups excluding carboxylic acids is 2. The summed E-state index contributed by atoms with van der Waals surface area (Å²) in [6.45, 7) is 17.4. The van der Waals surface area contributed by atoms with Gasteiger partial charge in [-0.05, 0) is 99.3 Å². The zero-order chi connectivity index (χ0) is 40.4. The van der Waals surface area contributed by atoms with Gasteiger partial charge in [-0.15, -0.1) is 6.58 Å². The molecule has 1 fully saturated rings. The number of carbonyl (C=O) groups is 2. The Morgan fingerprint density at radius 1 is 0.927 bits per heavy atom. The number of Topliss-reactive ketones (excluding diaryl/α,β-unsaturated/α-hetero) is 1. The van der Waals surface area contributed by atoms with Crippen LogP contribution >= 0.6 is 0 Å². The molecule has 0 saturated carbocycles. The van der Waals surface area contributed by atoms with Gasteiger partial charge in [0, 0.05) is 32.1 Å². The van der Waals surface area contributed by atoms with E-state index in [0.717, 1.165) is 69.5 Å². The van der Waals surface area contributed by atoms with Crippen LogP contribution in [0.5, 0.6) is 5.75 Å². The van der Waals surface area contributed by atoms with E-state index in [1.54, 1.807) is 7.11 Å². The lowest BCUT2D eigenvalue weighted by Gasteiger charge is -2.39. The van der Waals surface area contributed by atoms with E-state index in [-0.39, 0.29) is 24.2 Å². The molecule has 7 nitrogen and oxygen atoms in total. The number of allylic oxidation sites excluding steroid dienone is 1. The van der Waals surface area contributed by atoms with Crippen molar-refractivity contribution >= 4 is 11.7 Å². The zero-order valence-corrected chi connectivity index (χ0v) is 35.1. The van der Waals surface area contributed by atoms with Gasteiger partial charge in [-0.1, -0.05) is 120 Å². The smallest absolute Gasteiger partial charge is 0.238 e. The minimum Gasteiger partial charge on any atom is -0.496 e. The molecule has 300 valence electrons. The van der Waals surface area contributed by atoms with Crippen LogP contribution in [0.15, 0.2) is 85.5 Å². The molecule has 1 heterocycles. The van der Waals surface area contributed by atoms with Gasteiger partial charge in [0.2, 0.25) is 5.91 Å². The Balaban J connectivity index is 0.000000412. The fourth-order valence-corrected chi connectivity index (χ4v) is 7.03. The molecule has 1 saturated heterocycles. The van der Waals surface area contributed by atoms with Crippen LogP contribution in [0, 0.1) is 17.2 Å². The number of nitriles is 1. The van der Waals surface area contributed by atoms with Crippen LogP contribution in [0.4, 0.5) is 0 Å². The first kappa shape index (κ1) is 46.9. The topological polar surface area (TPSA) is 85.7 Å². The number of unbranched alkanes of at least 4 members (excludes halogenated alkanes) is 2. The average molecular weight is 751 g/mol. The standard InChI is InChI=1S/C28H36N4O2.C15H22O.C5H12/c1-22(33)18-25(20-29)26(19-24-12-7-4-8-13-24)30-28(34)27-21-32(17-16-31(27)2)15-9-14-23-10-5-3-6-11-23;1-5-8-9-12-10-13(6-2)14(7-3)15(11-12)16-4;1-3-5-4-2/h3-8,10-13,25-27H,9,14-19,21H2,1-2H3,(H,30,34);5,10-11H,1,6-9H2,2-4H3;3-5H2,1-2H3. The number of likely N-dealkylation sites (N-methyl/N-ethyl adjacent to an activating group) is 1. The number of piperazine rings is 1. The molecule has 3 unspecified atom stereocenters. The average Bonchev–Trinajstić information content (AvgIpc) is 3.20. The molecule has 0 aromatic heterocycles. The third-order valence-electron chi connectivity index (χ3n) is 10.3. The number of nitrogens with one attached hydrogen (secondary N) is 1. The molecule has 0 bridgehead atoms. The summed E-state index contributed by atoms with van der Waals surface area (Å²) in [4.78, 5) is 29.6. The van der Waals surface area contributed by atoms with Crippen molar-refractivity contribution in [3.05, 3.63) is 113 Å². The second kappa shape index (κ2) is 27.3. The highest BCUT2D eigenvalue weighted by Crippen LogP contribution is 2.26. The van der Waals surface area contributed by atoms with Crippen LogP contribution in [-0.4, -0.2) is 73.9 Å². The molecule has 7 heteroatoms. The molecule has 0 radical (unpaired) electrons. The number of aryl methyl sites for hydroxylation is 3. The molecule has 1 amide bonds. The molecule has 3 aromatic carbocycles. The van der Waals surface area contributed by atoms with Gasteiger partial charge in [0.1, 0.15) is 17.6 Å². The first-order valence-corrected chi connectivity index (χ1v) is 20.6. The number of ketones is 1. The molecule has 55 heavy (non-hydrogen) atoms. The highest BCUT2D eigenvalue weighted by molar-refractivity contribution is 5.83. The maximum Gasteiger partial charge on any atom is 0.238 e. The van der Waals surface area contributed by atoms with E-state index in [2.05, 4.69) is 91.9 Å². The van der Waals surface area contributed by atoms with Gasteiger partial charge in [0.25, 0.3) is 0 Å². The summed E-state index contributed by atoms with van der Waals surface area (Å²) in [5.74, 6) is 0.372. The number of nitrogens with zero attached hydrogens (tertiary/aromatic N) is 3. The van der Waals surface area contributed by atoms with Crippen LogP contribution in [0.3, 0.4) is 0 Å². The first-order chi connectivity index (χ1) is 26.6. The zero-order valence-electron chi connectivity index (χ0n) is 35.1. The van der Waals surface area contributed by atoms with Gasteiger partial charge in [0.05, 0.1) is 19.1 Å². The highest BCUT2D eigenvalue weighted by atomic mass is 16.5. The van der Waals surface area contributed by atoms with Gasteiger partial charge in [-0.3, -0.25) is 19.4 Å². The Labute approximate surface area is 334 Å². The predicted octanol–water partition coefficient (Wildman–Crippen LogP) is 9.22. The van der Waals surface area contributed by atoms with E-state index in [4.69, 9.17) is 4.74 Å². The summed E-state index contributed by atoms with van der Waals surface area (Å²) in [7, 11) is 3.74. The van der Waals surface area contributed by atoms with Crippen molar-refractivity contribution in [1.82, 2.24) is 15.1 Å². The Morgan fingerprint density at radius 3 is 2.11 bits per heavy atom. The van der Waals surface area contributed by atoms with Gasteiger partial charge in [0.15, 0.2) is 0 Å². The molecule has 4 rings (SSSR count). The van der Waals surface area contributed by atoms with Crippen molar-refractivity contribution in [2.75, 3.05) is 40.3 Å². The van der Waals surface area contributed by atoms with E-state index in [1.807, 2.05) is 49.5 Å². The number of hydrogen-bond donors (Lipinski definition) is 1. The van der Waals surface area contributed by atoms with E-state index < -0.39 is 12.0 Å². The first-order valence-electron chi connectivity index (χ1n) is 20.6. The van der Waals surface area contributed by atoms with Crippen molar-refractivity contribution in [2.24, 2.45) is 5.92 Å². The van der Waals surface area contributed by atoms with E-state index in [9.17, 15) is 14.9 Å². The van der Waals surface area contributed by atoms with Crippen molar-refractivity contribution < 1.29 is 14.3 Å². The molecule has 0 spiro atoms. The summed E-state index contributed by atoms with van der Waals surface area (Å²) in [6.07, 6.45) is 13.0. The molecule has 1 aliphatic rings. The lowest BCUT2D eigenvalue weighted by Crippen LogP contribution is -2.59. The maximum atomic E-state index is 13.4. The molecular weight excluding hydrogens is 681 g/mol. The third-order valence-corrected chi connectivity index (χ3v) is 10.3.